The van der Waals surface area contributed by atoms with Crippen LogP contribution in [0.4, 0.5) is 5.13 Å². The molecule has 116 valence electrons. The second-order valence-corrected chi connectivity index (χ2v) is 6.10. The number of hydrogen-bond donors (Lipinski definition) is 1. The molecule has 0 unspecified atom stereocenters. The van der Waals surface area contributed by atoms with Crippen molar-refractivity contribution in [2.45, 2.75) is 6.42 Å². The molecule has 1 heterocycles. The monoisotopic (exact) mass is 324 g/mol. The third-order valence-corrected chi connectivity index (χ3v) is 4.24. The Morgan fingerprint density at radius 2 is 2.00 bits per heavy atom. The fourth-order valence-corrected chi connectivity index (χ4v) is 3.02. The molecule has 0 saturated carbocycles. The summed E-state index contributed by atoms with van der Waals surface area (Å²) in [6, 6.07) is 17.2. The van der Waals surface area contributed by atoms with E-state index in [9.17, 15) is 4.79 Å². The summed E-state index contributed by atoms with van der Waals surface area (Å²) >= 11 is 1.49. The molecule has 0 spiro atoms. The lowest BCUT2D eigenvalue weighted by atomic mass is 10.1. The van der Waals surface area contributed by atoms with E-state index in [4.69, 9.17) is 4.74 Å². The number of nitrogens with zero attached hydrogens (tertiary/aromatic N) is 1. The molecule has 1 aromatic heterocycles. The van der Waals surface area contributed by atoms with E-state index in [1.165, 1.54) is 16.9 Å². The van der Waals surface area contributed by atoms with Gasteiger partial charge in [-0.25, -0.2) is 4.98 Å². The second-order valence-electron chi connectivity index (χ2n) is 4.98. The SMILES string of the molecule is COc1cccc(C(=O)Nc2ncc(Cc3ccccc3)s2)c1. The summed E-state index contributed by atoms with van der Waals surface area (Å²) in [5, 5.41) is 3.43. The lowest BCUT2D eigenvalue weighted by Crippen LogP contribution is -2.11. The van der Waals surface area contributed by atoms with E-state index in [2.05, 4.69) is 22.4 Å². The van der Waals surface area contributed by atoms with Crippen molar-refractivity contribution in [2.24, 2.45) is 0 Å². The maximum atomic E-state index is 12.2. The Balaban J connectivity index is 1.67. The summed E-state index contributed by atoms with van der Waals surface area (Å²) in [6.07, 6.45) is 2.62. The highest BCUT2D eigenvalue weighted by Crippen LogP contribution is 2.22. The van der Waals surface area contributed by atoms with Crippen LogP contribution in [0.25, 0.3) is 0 Å². The van der Waals surface area contributed by atoms with Crippen LogP contribution in [-0.2, 0) is 6.42 Å². The molecule has 3 aromatic rings. The third kappa shape index (κ3) is 3.96. The van der Waals surface area contributed by atoms with Gasteiger partial charge in [0.25, 0.3) is 5.91 Å². The van der Waals surface area contributed by atoms with Crippen molar-refractivity contribution in [3.63, 3.8) is 0 Å². The number of benzene rings is 2. The van der Waals surface area contributed by atoms with Crippen LogP contribution < -0.4 is 10.1 Å². The zero-order valence-electron chi connectivity index (χ0n) is 12.7. The molecule has 0 aliphatic rings. The Labute approximate surface area is 138 Å². The van der Waals surface area contributed by atoms with Crippen LogP contribution in [0.5, 0.6) is 5.75 Å². The Kier molecular flexibility index (Phi) is 4.68. The molecule has 0 aliphatic carbocycles. The minimum Gasteiger partial charge on any atom is -0.497 e. The first-order valence-corrected chi connectivity index (χ1v) is 8.00. The van der Waals surface area contributed by atoms with Gasteiger partial charge < -0.3 is 4.74 Å². The maximum Gasteiger partial charge on any atom is 0.257 e. The van der Waals surface area contributed by atoms with E-state index in [-0.39, 0.29) is 5.91 Å². The maximum absolute atomic E-state index is 12.2. The molecule has 5 heteroatoms. The van der Waals surface area contributed by atoms with E-state index in [1.54, 1.807) is 37.6 Å². The summed E-state index contributed by atoms with van der Waals surface area (Å²) in [7, 11) is 1.58. The van der Waals surface area contributed by atoms with E-state index in [0.29, 0.717) is 16.4 Å². The van der Waals surface area contributed by atoms with Crippen molar-refractivity contribution in [3.8, 4) is 5.75 Å². The fraction of sp³-hybridized carbons (Fsp3) is 0.111. The molecular formula is C18H16N2O2S. The number of anilines is 1. The molecule has 2 aromatic carbocycles. The summed E-state index contributed by atoms with van der Waals surface area (Å²) < 4.78 is 5.13. The smallest absolute Gasteiger partial charge is 0.257 e. The predicted octanol–water partition coefficient (Wildman–Crippen LogP) is 3.99. The highest BCUT2D eigenvalue weighted by molar-refractivity contribution is 7.15. The van der Waals surface area contributed by atoms with Gasteiger partial charge in [-0.2, -0.15) is 0 Å². The zero-order chi connectivity index (χ0) is 16.1. The van der Waals surface area contributed by atoms with Gasteiger partial charge in [0, 0.05) is 23.1 Å². The lowest BCUT2D eigenvalue weighted by Gasteiger charge is -2.04. The van der Waals surface area contributed by atoms with Crippen LogP contribution in [0.2, 0.25) is 0 Å². The standard InChI is InChI=1S/C18H16N2O2S/c1-22-15-9-5-8-14(11-15)17(21)20-18-19-12-16(23-18)10-13-6-3-2-4-7-13/h2-9,11-12H,10H2,1H3,(H,19,20,21). The van der Waals surface area contributed by atoms with E-state index < -0.39 is 0 Å². The van der Waals surface area contributed by atoms with Crippen molar-refractivity contribution in [3.05, 3.63) is 76.8 Å². The lowest BCUT2D eigenvalue weighted by molar-refractivity contribution is 0.102. The van der Waals surface area contributed by atoms with Gasteiger partial charge >= 0.3 is 0 Å². The van der Waals surface area contributed by atoms with E-state index in [0.717, 1.165) is 11.3 Å². The molecule has 0 aliphatic heterocycles. The molecule has 1 N–H and O–H groups in total. The molecule has 0 radical (unpaired) electrons. The fourth-order valence-electron chi connectivity index (χ4n) is 2.18. The molecule has 4 nitrogen and oxygen atoms in total. The third-order valence-electron chi connectivity index (χ3n) is 3.33. The van der Waals surface area contributed by atoms with Crippen molar-refractivity contribution < 1.29 is 9.53 Å². The number of thiazole rings is 1. The minimum absolute atomic E-state index is 0.190. The van der Waals surface area contributed by atoms with E-state index in [1.807, 2.05) is 18.2 Å². The Bertz CT molecular complexity index is 800. The highest BCUT2D eigenvalue weighted by atomic mass is 32.1. The van der Waals surface area contributed by atoms with Crippen LogP contribution >= 0.6 is 11.3 Å². The number of hydrogen-bond acceptors (Lipinski definition) is 4. The number of methoxy groups -OCH3 is 1. The van der Waals surface area contributed by atoms with Gasteiger partial charge in [0.2, 0.25) is 0 Å². The molecule has 0 bridgehead atoms. The molecule has 3 rings (SSSR count). The largest absolute Gasteiger partial charge is 0.497 e. The van der Waals surface area contributed by atoms with Gasteiger partial charge in [-0.3, -0.25) is 10.1 Å². The first kappa shape index (κ1) is 15.2. The first-order chi connectivity index (χ1) is 11.2. The number of ether oxygens (including phenoxy) is 1. The molecule has 0 saturated heterocycles. The first-order valence-electron chi connectivity index (χ1n) is 7.18. The van der Waals surface area contributed by atoms with Crippen LogP contribution in [0, 0.1) is 0 Å². The highest BCUT2D eigenvalue weighted by Gasteiger charge is 2.10. The zero-order valence-corrected chi connectivity index (χ0v) is 13.5. The van der Waals surface area contributed by atoms with Crippen molar-refractivity contribution in [1.82, 2.24) is 4.98 Å². The minimum atomic E-state index is -0.190. The number of amides is 1. The topological polar surface area (TPSA) is 51.2 Å². The molecule has 23 heavy (non-hydrogen) atoms. The van der Waals surface area contributed by atoms with Gasteiger partial charge in [0.05, 0.1) is 7.11 Å². The average molecular weight is 324 g/mol. The van der Waals surface area contributed by atoms with E-state index >= 15 is 0 Å². The number of nitrogens with one attached hydrogen (secondary N) is 1. The summed E-state index contributed by atoms with van der Waals surface area (Å²) in [4.78, 5) is 17.6. The van der Waals surface area contributed by atoms with Crippen molar-refractivity contribution in [1.29, 1.82) is 0 Å². The van der Waals surface area contributed by atoms with Crippen LogP contribution in [0.3, 0.4) is 0 Å². The number of rotatable bonds is 5. The normalized spacial score (nSPS) is 10.3. The number of carbonyl (C=O) groups is 1. The van der Waals surface area contributed by atoms with Gasteiger partial charge in [0.15, 0.2) is 5.13 Å². The predicted molar refractivity (Wildman–Crippen MR) is 92.3 cm³/mol. The molecule has 1 amide bonds. The van der Waals surface area contributed by atoms with Gasteiger partial charge in [0.1, 0.15) is 5.75 Å². The summed E-state index contributed by atoms with van der Waals surface area (Å²) in [6.45, 7) is 0. The quantitative estimate of drug-likeness (QED) is 0.772. The van der Waals surface area contributed by atoms with Crippen LogP contribution in [-0.4, -0.2) is 18.0 Å². The Morgan fingerprint density at radius 3 is 2.78 bits per heavy atom. The second kappa shape index (κ2) is 7.07. The molecule has 0 atom stereocenters. The Hall–Kier alpha value is -2.66. The van der Waals surface area contributed by atoms with Gasteiger partial charge in [-0.15, -0.1) is 11.3 Å². The average Bonchev–Trinajstić information content (AvgIpc) is 3.02. The summed E-state index contributed by atoms with van der Waals surface area (Å²) in [5.74, 6) is 0.464. The van der Waals surface area contributed by atoms with Crippen molar-refractivity contribution >= 4 is 22.4 Å². The molecule has 0 fully saturated rings. The van der Waals surface area contributed by atoms with Crippen molar-refractivity contribution in [2.75, 3.05) is 12.4 Å². The van der Waals surface area contributed by atoms with Crippen LogP contribution in [0.15, 0.2) is 60.8 Å². The molecular weight excluding hydrogens is 308 g/mol. The van der Waals surface area contributed by atoms with Crippen LogP contribution in [0.1, 0.15) is 20.8 Å². The summed E-state index contributed by atoms with van der Waals surface area (Å²) in [5.41, 5.74) is 1.77. The van der Waals surface area contributed by atoms with Gasteiger partial charge in [-0.05, 0) is 23.8 Å². The number of aromatic nitrogens is 1. The number of carbonyl (C=O) groups excluding carboxylic acids is 1. The van der Waals surface area contributed by atoms with Gasteiger partial charge in [-0.1, -0.05) is 36.4 Å². The Morgan fingerprint density at radius 1 is 1.17 bits per heavy atom.